The summed E-state index contributed by atoms with van der Waals surface area (Å²) in [4.78, 5) is 38.2. The minimum absolute atomic E-state index is 0.0388. The first-order valence-electron chi connectivity index (χ1n) is 8.67. The van der Waals surface area contributed by atoms with Gasteiger partial charge in [-0.05, 0) is 34.6 Å². The van der Waals surface area contributed by atoms with Crippen molar-refractivity contribution in [3.63, 3.8) is 0 Å². The van der Waals surface area contributed by atoms with Crippen molar-refractivity contribution in [3.05, 3.63) is 11.4 Å². The molecule has 0 N–H and O–H groups in total. The normalized spacial score (nSPS) is 18.7. The number of nitrogens with zero attached hydrogens (tertiary/aromatic N) is 4. The largest absolute Gasteiger partial charge is 0.464 e. The highest BCUT2D eigenvalue weighted by molar-refractivity contribution is 6.00. The third-order valence-corrected chi connectivity index (χ3v) is 4.04. The molecule has 156 valence electrons. The zero-order chi connectivity index (χ0) is 21.3. The molecular weight excluding hydrogens is 372 g/mol. The first-order valence-corrected chi connectivity index (χ1v) is 8.67. The van der Waals surface area contributed by atoms with Crippen molar-refractivity contribution in [3.8, 4) is 0 Å². The standard InChI is InChI=1S/C17H26N4O7/c1-16(2,3)28-15(24)21-10(9-27-17(21,4)5)8-20-12(14(23)26-7)11(18-19-20)13(22)25-6/h10H,8-9H2,1-7H3/t10-/m1/s1. The van der Waals surface area contributed by atoms with E-state index in [2.05, 4.69) is 15.0 Å². The van der Waals surface area contributed by atoms with Gasteiger partial charge >= 0.3 is 18.0 Å². The Kier molecular flexibility index (Phi) is 5.97. The quantitative estimate of drug-likeness (QED) is 0.544. The fourth-order valence-electron chi connectivity index (χ4n) is 2.87. The summed E-state index contributed by atoms with van der Waals surface area (Å²) in [6.07, 6.45) is -0.562. The van der Waals surface area contributed by atoms with Crippen LogP contribution in [0.4, 0.5) is 4.79 Å². The molecule has 11 nitrogen and oxygen atoms in total. The highest BCUT2D eigenvalue weighted by atomic mass is 16.6. The molecule has 1 amide bonds. The van der Waals surface area contributed by atoms with Crippen molar-refractivity contribution in [2.75, 3.05) is 20.8 Å². The van der Waals surface area contributed by atoms with Crippen LogP contribution in [0.5, 0.6) is 0 Å². The Morgan fingerprint density at radius 3 is 2.32 bits per heavy atom. The second kappa shape index (κ2) is 7.74. The molecular formula is C17H26N4O7. The average Bonchev–Trinajstić information content (AvgIpc) is 3.12. The van der Waals surface area contributed by atoms with Crippen molar-refractivity contribution < 1.29 is 33.3 Å². The summed E-state index contributed by atoms with van der Waals surface area (Å²) in [6, 6.07) is -0.513. The van der Waals surface area contributed by atoms with Crippen LogP contribution in [-0.2, 0) is 25.5 Å². The molecule has 11 heteroatoms. The van der Waals surface area contributed by atoms with Gasteiger partial charge in [0.1, 0.15) is 11.3 Å². The monoisotopic (exact) mass is 398 g/mol. The van der Waals surface area contributed by atoms with Gasteiger partial charge < -0.3 is 18.9 Å². The Bertz CT molecular complexity index is 766. The van der Waals surface area contributed by atoms with Crippen LogP contribution in [0.2, 0.25) is 0 Å². The molecule has 28 heavy (non-hydrogen) atoms. The number of rotatable bonds is 4. The van der Waals surface area contributed by atoms with Crippen molar-refractivity contribution in [2.45, 2.75) is 58.5 Å². The highest BCUT2D eigenvalue weighted by Crippen LogP contribution is 2.30. The molecule has 1 atom stereocenters. The maximum absolute atomic E-state index is 12.7. The van der Waals surface area contributed by atoms with Crippen LogP contribution >= 0.6 is 0 Å². The van der Waals surface area contributed by atoms with Crippen LogP contribution in [0.1, 0.15) is 55.6 Å². The van der Waals surface area contributed by atoms with Gasteiger partial charge in [-0.25, -0.2) is 19.1 Å². The lowest BCUT2D eigenvalue weighted by atomic mass is 10.2. The number of methoxy groups -OCH3 is 2. The smallest absolute Gasteiger partial charge is 0.412 e. The Balaban J connectivity index is 2.35. The number of hydrogen-bond donors (Lipinski definition) is 0. The first kappa shape index (κ1) is 21.6. The number of carbonyl (C=O) groups is 3. The molecule has 1 aromatic heterocycles. The molecule has 2 rings (SSSR count). The third-order valence-electron chi connectivity index (χ3n) is 4.04. The van der Waals surface area contributed by atoms with E-state index in [-0.39, 0.29) is 24.5 Å². The summed E-state index contributed by atoms with van der Waals surface area (Å²) in [7, 11) is 2.34. The van der Waals surface area contributed by atoms with Crippen LogP contribution in [0, 0.1) is 0 Å². The molecule has 0 aromatic carbocycles. The summed E-state index contributed by atoms with van der Waals surface area (Å²) >= 11 is 0. The fourth-order valence-corrected chi connectivity index (χ4v) is 2.87. The molecule has 0 unspecified atom stereocenters. The van der Waals surface area contributed by atoms with Gasteiger partial charge in [-0.3, -0.25) is 4.90 Å². The fraction of sp³-hybridized carbons (Fsp3) is 0.706. The number of carbonyl (C=O) groups excluding carboxylic acids is 3. The van der Waals surface area contributed by atoms with Crippen molar-refractivity contribution in [2.24, 2.45) is 0 Å². The minimum atomic E-state index is -0.926. The lowest BCUT2D eigenvalue weighted by molar-refractivity contribution is -0.0630. The van der Waals surface area contributed by atoms with E-state index in [4.69, 9.17) is 14.2 Å². The first-order chi connectivity index (χ1) is 12.9. The Labute approximate surface area is 162 Å². The molecule has 1 aliphatic rings. The molecule has 0 spiro atoms. The lowest BCUT2D eigenvalue weighted by Gasteiger charge is -2.35. The van der Waals surface area contributed by atoms with E-state index in [1.807, 2.05) is 0 Å². The summed E-state index contributed by atoms with van der Waals surface area (Å²) in [5.74, 6) is -1.62. The molecule has 1 fully saturated rings. The van der Waals surface area contributed by atoms with E-state index < -0.39 is 35.4 Å². The SMILES string of the molecule is COC(=O)c1nnn(C[C@@H]2COC(C)(C)N2C(=O)OC(C)(C)C)c1C(=O)OC. The summed E-state index contributed by atoms with van der Waals surface area (Å²) in [5.41, 5.74) is -2.05. The van der Waals surface area contributed by atoms with Gasteiger partial charge in [0.15, 0.2) is 5.69 Å². The summed E-state index contributed by atoms with van der Waals surface area (Å²) < 4.78 is 21.8. The lowest BCUT2D eigenvalue weighted by Crippen LogP contribution is -2.51. The molecule has 1 aliphatic heterocycles. The Morgan fingerprint density at radius 2 is 1.79 bits per heavy atom. The van der Waals surface area contributed by atoms with Crippen LogP contribution in [-0.4, -0.2) is 76.1 Å². The van der Waals surface area contributed by atoms with E-state index in [0.717, 1.165) is 0 Å². The number of hydrogen-bond acceptors (Lipinski definition) is 9. The van der Waals surface area contributed by atoms with E-state index in [1.54, 1.807) is 34.6 Å². The van der Waals surface area contributed by atoms with Crippen LogP contribution in [0.25, 0.3) is 0 Å². The predicted octanol–water partition coefficient (Wildman–Crippen LogP) is 1.22. The van der Waals surface area contributed by atoms with E-state index >= 15 is 0 Å². The number of ether oxygens (including phenoxy) is 4. The Morgan fingerprint density at radius 1 is 1.18 bits per heavy atom. The molecule has 2 heterocycles. The van der Waals surface area contributed by atoms with Gasteiger partial charge in [-0.1, -0.05) is 5.21 Å². The van der Waals surface area contributed by atoms with Gasteiger partial charge in [-0.15, -0.1) is 5.10 Å². The molecule has 0 radical (unpaired) electrons. The van der Waals surface area contributed by atoms with Gasteiger partial charge in [-0.2, -0.15) is 0 Å². The predicted molar refractivity (Wildman–Crippen MR) is 94.6 cm³/mol. The third kappa shape index (κ3) is 4.41. The van der Waals surface area contributed by atoms with Crippen LogP contribution < -0.4 is 0 Å². The zero-order valence-electron chi connectivity index (χ0n) is 17.1. The Hall–Kier alpha value is -2.69. The van der Waals surface area contributed by atoms with Gasteiger partial charge in [0.05, 0.1) is 33.4 Å². The maximum atomic E-state index is 12.7. The highest BCUT2D eigenvalue weighted by Gasteiger charge is 2.46. The molecule has 0 bridgehead atoms. The minimum Gasteiger partial charge on any atom is -0.464 e. The van der Waals surface area contributed by atoms with Gasteiger partial charge in [0.2, 0.25) is 5.69 Å². The van der Waals surface area contributed by atoms with Gasteiger partial charge in [0, 0.05) is 0 Å². The second-order valence-corrected chi connectivity index (χ2v) is 7.71. The van der Waals surface area contributed by atoms with E-state index in [0.29, 0.717) is 0 Å². The molecule has 0 saturated carbocycles. The topological polar surface area (TPSA) is 122 Å². The summed E-state index contributed by atoms with van der Waals surface area (Å²) in [5, 5.41) is 7.59. The van der Waals surface area contributed by atoms with Crippen molar-refractivity contribution in [1.82, 2.24) is 19.9 Å². The van der Waals surface area contributed by atoms with Crippen molar-refractivity contribution >= 4 is 18.0 Å². The zero-order valence-corrected chi connectivity index (χ0v) is 17.1. The van der Waals surface area contributed by atoms with E-state index in [9.17, 15) is 14.4 Å². The maximum Gasteiger partial charge on any atom is 0.412 e. The average molecular weight is 398 g/mol. The van der Waals surface area contributed by atoms with Crippen molar-refractivity contribution in [1.29, 1.82) is 0 Å². The number of esters is 2. The van der Waals surface area contributed by atoms with E-state index in [1.165, 1.54) is 23.8 Å². The molecule has 1 aromatic rings. The van der Waals surface area contributed by atoms with Crippen LogP contribution in [0.15, 0.2) is 0 Å². The number of amides is 1. The summed E-state index contributed by atoms with van der Waals surface area (Å²) in [6.45, 7) is 8.98. The molecule has 1 saturated heterocycles. The second-order valence-electron chi connectivity index (χ2n) is 7.71. The molecule has 0 aliphatic carbocycles. The number of aromatic nitrogens is 3. The van der Waals surface area contributed by atoms with Crippen LogP contribution in [0.3, 0.4) is 0 Å². The van der Waals surface area contributed by atoms with Gasteiger partial charge in [0.25, 0.3) is 0 Å².